The molecular formula is C30H37FN6O3. The maximum absolute atomic E-state index is 15.3. The van der Waals surface area contributed by atoms with Crippen LogP contribution in [0, 0.1) is 29.0 Å². The maximum Gasteiger partial charge on any atom is 0.341 e. The molecule has 212 valence electrons. The summed E-state index contributed by atoms with van der Waals surface area (Å²) in [6.07, 6.45) is 11.1. The number of aromatic carboxylic acids is 1. The number of anilines is 1. The smallest absolute Gasteiger partial charge is 0.341 e. The summed E-state index contributed by atoms with van der Waals surface area (Å²) >= 11 is 0. The first-order valence-electron chi connectivity index (χ1n) is 14.7. The summed E-state index contributed by atoms with van der Waals surface area (Å²) in [7, 11) is 0. The number of fused-ring (bicyclic) bond motifs is 1. The summed E-state index contributed by atoms with van der Waals surface area (Å²) in [5.74, 6) is 1.57. The van der Waals surface area contributed by atoms with Gasteiger partial charge in [0.2, 0.25) is 5.43 Å². The Bertz CT molecular complexity index is 1450. The number of rotatable bonds is 6. The zero-order valence-electron chi connectivity index (χ0n) is 22.7. The third-order valence-electron chi connectivity index (χ3n) is 10.0. The number of amidine groups is 2. The van der Waals surface area contributed by atoms with Crippen molar-refractivity contribution < 1.29 is 14.3 Å². The van der Waals surface area contributed by atoms with Crippen molar-refractivity contribution in [2.45, 2.75) is 69.4 Å². The molecule has 0 spiro atoms. The van der Waals surface area contributed by atoms with Crippen LogP contribution in [-0.2, 0) is 0 Å². The number of benzene rings is 1. The van der Waals surface area contributed by atoms with E-state index in [4.69, 9.17) is 16.1 Å². The highest BCUT2D eigenvalue weighted by Crippen LogP contribution is 2.57. The van der Waals surface area contributed by atoms with Crippen molar-refractivity contribution in [3.05, 3.63) is 39.9 Å². The van der Waals surface area contributed by atoms with E-state index in [1.54, 1.807) is 6.07 Å². The molecule has 0 radical (unpaired) electrons. The van der Waals surface area contributed by atoms with Crippen molar-refractivity contribution in [3.8, 4) is 0 Å². The normalized spacial score (nSPS) is 29.8. The molecule has 9 nitrogen and oxygen atoms in total. The van der Waals surface area contributed by atoms with E-state index in [0.717, 1.165) is 49.9 Å². The lowest BCUT2D eigenvalue weighted by Crippen LogP contribution is -2.51. The molecule has 2 heterocycles. The van der Waals surface area contributed by atoms with Crippen molar-refractivity contribution in [1.82, 2.24) is 9.47 Å². The van der Waals surface area contributed by atoms with Gasteiger partial charge in [0.05, 0.1) is 23.2 Å². The summed E-state index contributed by atoms with van der Waals surface area (Å²) in [5.41, 5.74) is 6.42. The zero-order chi connectivity index (χ0) is 27.8. The van der Waals surface area contributed by atoms with Crippen LogP contribution in [0.1, 0.15) is 74.2 Å². The van der Waals surface area contributed by atoms with Gasteiger partial charge in [0, 0.05) is 43.8 Å². The second kappa shape index (κ2) is 9.31. The zero-order valence-corrected chi connectivity index (χ0v) is 22.7. The van der Waals surface area contributed by atoms with E-state index in [2.05, 4.69) is 0 Å². The fourth-order valence-electron chi connectivity index (χ4n) is 8.45. The lowest BCUT2D eigenvalue weighted by atomic mass is 9.53. The topological polar surface area (TPSA) is 128 Å². The first kappa shape index (κ1) is 25.5. The lowest BCUT2D eigenvalue weighted by molar-refractivity contribution is 0.00157. The molecule has 1 saturated heterocycles. The Morgan fingerprint density at radius 3 is 2.27 bits per heavy atom. The SMILES string of the molecule is N=C(CC(N)=NC12CC3CC(CC(C3)C1)C2)N1CCN(c2cc3c(cc2F)c(=O)c(C(=O)O)cn3C2CC2)CC1. The fourth-order valence-corrected chi connectivity index (χ4v) is 8.45. The molecule has 0 unspecified atom stereocenters. The first-order valence-corrected chi connectivity index (χ1v) is 14.7. The van der Waals surface area contributed by atoms with E-state index in [9.17, 15) is 14.7 Å². The van der Waals surface area contributed by atoms with E-state index < -0.39 is 17.2 Å². The molecule has 2 aromatic rings. The minimum atomic E-state index is -1.30. The van der Waals surface area contributed by atoms with E-state index >= 15 is 4.39 Å². The predicted octanol–water partition coefficient (Wildman–Crippen LogP) is 3.99. The summed E-state index contributed by atoms with van der Waals surface area (Å²) in [4.78, 5) is 33.4. The van der Waals surface area contributed by atoms with Crippen LogP contribution in [0.2, 0.25) is 0 Å². The molecule has 8 rings (SSSR count). The molecule has 1 aromatic heterocycles. The van der Waals surface area contributed by atoms with Crippen LogP contribution in [-0.4, -0.2) is 63.9 Å². The molecule has 0 atom stereocenters. The second-order valence-corrected chi connectivity index (χ2v) is 13.0. The monoisotopic (exact) mass is 548 g/mol. The van der Waals surface area contributed by atoms with Crippen LogP contribution in [0.15, 0.2) is 28.1 Å². The summed E-state index contributed by atoms with van der Waals surface area (Å²) in [6, 6.07) is 3.00. The van der Waals surface area contributed by atoms with Crippen LogP contribution in [0.5, 0.6) is 0 Å². The molecule has 40 heavy (non-hydrogen) atoms. The minimum Gasteiger partial charge on any atom is -0.477 e. The summed E-state index contributed by atoms with van der Waals surface area (Å²) in [5, 5.41) is 18.3. The number of nitrogens with zero attached hydrogens (tertiary/aromatic N) is 4. The number of aromatic nitrogens is 1. The predicted molar refractivity (Wildman–Crippen MR) is 152 cm³/mol. The number of piperazine rings is 1. The second-order valence-electron chi connectivity index (χ2n) is 13.0. The first-order chi connectivity index (χ1) is 19.2. The van der Waals surface area contributed by atoms with Crippen LogP contribution in [0.4, 0.5) is 10.1 Å². The Morgan fingerprint density at radius 2 is 1.70 bits per heavy atom. The molecule has 1 aliphatic heterocycles. The molecule has 6 fully saturated rings. The molecule has 1 aromatic carbocycles. The van der Waals surface area contributed by atoms with E-state index in [1.165, 1.54) is 31.5 Å². The van der Waals surface area contributed by atoms with E-state index in [0.29, 0.717) is 55.5 Å². The highest BCUT2D eigenvalue weighted by atomic mass is 19.1. The van der Waals surface area contributed by atoms with Gasteiger partial charge < -0.3 is 25.2 Å². The van der Waals surface area contributed by atoms with Crippen LogP contribution >= 0.6 is 0 Å². The Hall–Kier alpha value is -3.43. The number of halogens is 1. The van der Waals surface area contributed by atoms with Crippen molar-refractivity contribution in [3.63, 3.8) is 0 Å². The minimum absolute atomic E-state index is 0.00205. The standard InChI is InChI=1S/C30H37FN6O3/c31-23-10-21-24(37(20-1-2-20)16-22(28(21)38)29(39)40)11-25(23)35-3-5-36(6-4-35)27(33)12-26(32)34-30-13-17-7-18(14-30)9-19(8-17)15-30/h10-11,16-20,33H,1-9,12-15H2,(H2,32,34)(H,39,40). The number of hydrogen-bond donors (Lipinski definition) is 3. The molecule has 10 heteroatoms. The van der Waals surface area contributed by atoms with Gasteiger partial charge in [0.1, 0.15) is 23.1 Å². The van der Waals surface area contributed by atoms with E-state index in [1.807, 2.05) is 14.4 Å². The Labute approximate surface area is 232 Å². The maximum atomic E-state index is 15.3. The molecular weight excluding hydrogens is 511 g/mol. The van der Waals surface area contributed by atoms with Gasteiger partial charge in [-0.05, 0) is 81.3 Å². The van der Waals surface area contributed by atoms with Crippen molar-refractivity contribution in [2.24, 2.45) is 28.5 Å². The Morgan fingerprint density at radius 1 is 1.07 bits per heavy atom. The number of nitrogens with one attached hydrogen (secondary N) is 1. The molecule has 6 aliphatic rings. The quantitative estimate of drug-likeness (QED) is 0.370. The fraction of sp³-hybridized carbons (Fsp3) is 0.600. The average Bonchev–Trinajstić information content (AvgIpc) is 3.73. The van der Waals surface area contributed by atoms with Crippen molar-refractivity contribution >= 4 is 34.2 Å². The number of aliphatic imine (C=N–C) groups is 1. The van der Waals surface area contributed by atoms with Gasteiger partial charge in [-0.3, -0.25) is 15.2 Å². The van der Waals surface area contributed by atoms with Crippen molar-refractivity contribution in [2.75, 3.05) is 31.1 Å². The Kier molecular flexibility index (Phi) is 5.94. The van der Waals surface area contributed by atoms with Crippen LogP contribution in [0.3, 0.4) is 0 Å². The van der Waals surface area contributed by atoms with Gasteiger partial charge >= 0.3 is 5.97 Å². The number of carboxylic acid groups (broad SMARTS) is 1. The summed E-state index contributed by atoms with van der Waals surface area (Å²) < 4.78 is 17.1. The Balaban J connectivity index is 1.05. The van der Waals surface area contributed by atoms with Crippen LogP contribution in [0.25, 0.3) is 10.9 Å². The average molecular weight is 549 g/mol. The number of hydrogen-bond acceptors (Lipinski definition) is 5. The highest BCUT2D eigenvalue weighted by Gasteiger charge is 2.51. The van der Waals surface area contributed by atoms with Gasteiger partial charge in [-0.25, -0.2) is 9.18 Å². The number of pyridine rings is 1. The molecule has 0 amide bonds. The molecule has 4 N–H and O–H groups in total. The molecule has 4 bridgehead atoms. The van der Waals surface area contributed by atoms with Gasteiger partial charge in [-0.1, -0.05) is 0 Å². The highest BCUT2D eigenvalue weighted by molar-refractivity contribution is 6.00. The molecule has 5 aliphatic carbocycles. The lowest BCUT2D eigenvalue weighted by Gasteiger charge is -2.55. The van der Waals surface area contributed by atoms with Crippen molar-refractivity contribution in [1.29, 1.82) is 5.41 Å². The van der Waals surface area contributed by atoms with Crippen LogP contribution < -0.4 is 16.1 Å². The number of nitrogens with two attached hydrogens (primary N) is 1. The third-order valence-corrected chi connectivity index (χ3v) is 10.0. The van der Waals surface area contributed by atoms with Gasteiger partial charge in [0.25, 0.3) is 0 Å². The third kappa shape index (κ3) is 4.45. The molecule has 5 saturated carbocycles. The van der Waals surface area contributed by atoms with Gasteiger partial charge in [-0.15, -0.1) is 0 Å². The van der Waals surface area contributed by atoms with Gasteiger partial charge in [-0.2, -0.15) is 0 Å². The van der Waals surface area contributed by atoms with E-state index in [-0.39, 0.29) is 22.5 Å². The largest absolute Gasteiger partial charge is 0.477 e. The van der Waals surface area contributed by atoms with Gasteiger partial charge in [0.15, 0.2) is 0 Å². The summed E-state index contributed by atoms with van der Waals surface area (Å²) in [6.45, 7) is 2.18. The number of carbonyl (C=O) groups is 1. The number of carboxylic acids is 1.